The first-order valence-corrected chi connectivity index (χ1v) is 13.8. The largest absolute Gasteiger partial charge is 0.462 e. The van der Waals surface area contributed by atoms with Gasteiger partial charge in [-0.15, -0.1) is 0 Å². The SMILES string of the molecule is N#CCC1CN(c2nc(OCC3CC(F)(F)CN3)nc3c2CCN(c2cccc4ccc(F)c(Cl)c24)C3)CCN1. The van der Waals surface area contributed by atoms with Gasteiger partial charge in [0.05, 0.1) is 36.3 Å². The minimum absolute atomic E-state index is 0.00599. The van der Waals surface area contributed by atoms with E-state index in [0.29, 0.717) is 51.0 Å². The van der Waals surface area contributed by atoms with E-state index >= 15 is 0 Å². The first kappa shape index (κ1) is 26.9. The maximum Gasteiger partial charge on any atom is 0.318 e. The van der Waals surface area contributed by atoms with E-state index in [2.05, 4.69) is 26.5 Å². The van der Waals surface area contributed by atoms with Crippen LogP contribution in [0.3, 0.4) is 0 Å². The molecule has 0 aliphatic carbocycles. The number of piperazine rings is 1. The molecule has 0 bridgehead atoms. The fourth-order valence-electron chi connectivity index (χ4n) is 5.83. The molecule has 2 unspecified atom stereocenters. The number of ether oxygens (including phenoxy) is 1. The molecule has 40 heavy (non-hydrogen) atoms. The smallest absolute Gasteiger partial charge is 0.318 e. The van der Waals surface area contributed by atoms with Gasteiger partial charge < -0.3 is 25.2 Å². The van der Waals surface area contributed by atoms with Crippen LogP contribution in [0.4, 0.5) is 24.7 Å². The van der Waals surface area contributed by atoms with Crippen LogP contribution in [0.1, 0.15) is 24.1 Å². The number of hydrogen-bond donors (Lipinski definition) is 2. The molecule has 1 aromatic heterocycles. The van der Waals surface area contributed by atoms with E-state index < -0.39 is 17.8 Å². The number of benzene rings is 2. The Hall–Kier alpha value is -3.33. The van der Waals surface area contributed by atoms with Crippen LogP contribution in [-0.2, 0) is 13.0 Å². The van der Waals surface area contributed by atoms with Crippen LogP contribution in [0.2, 0.25) is 5.02 Å². The van der Waals surface area contributed by atoms with Gasteiger partial charge in [0.2, 0.25) is 0 Å². The number of hydrogen-bond acceptors (Lipinski definition) is 8. The molecule has 3 aromatic rings. The molecule has 3 aliphatic heterocycles. The standard InChI is InChI=1S/C28H29ClF3N7O/c29-25-21(30)5-4-17-2-1-3-23(24(17)25)38-10-7-20-22(14-38)36-27(40-15-19-12-28(31,32)16-35-19)37-26(20)39-11-9-34-18(13-39)6-8-33/h1-5,18-19,34-35H,6-7,9-16H2. The second-order valence-corrected chi connectivity index (χ2v) is 10.9. The van der Waals surface area contributed by atoms with Crippen LogP contribution in [0.25, 0.3) is 10.8 Å². The van der Waals surface area contributed by atoms with Gasteiger partial charge in [-0.2, -0.15) is 15.2 Å². The Kier molecular flexibility index (Phi) is 7.33. The normalized spacial score (nSPS) is 22.3. The van der Waals surface area contributed by atoms with Gasteiger partial charge in [-0.05, 0) is 23.9 Å². The second kappa shape index (κ2) is 10.9. The third-order valence-corrected chi connectivity index (χ3v) is 8.15. The highest BCUT2D eigenvalue weighted by atomic mass is 35.5. The zero-order chi connectivity index (χ0) is 27.9. The number of halogens is 4. The van der Waals surface area contributed by atoms with Crippen LogP contribution in [-0.4, -0.2) is 67.3 Å². The third-order valence-electron chi connectivity index (χ3n) is 7.78. The van der Waals surface area contributed by atoms with Gasteiger partial charge in [-0.1, -0.05) is 29.8 Å². The van der Waals surface area contributed by atoms with Gasteiger partial charge in [-0.3, -0.25) is 0 Å². The van der Waals surface area contributed by atoms with E-state index in [4.69, 9.17) is 26.3 Å². The average Bonchev–Trinajstić information content (AvgIpc) is 3.31. The number of nitrogens with zero attached hydrogens (tertiary/aromatic N) is 5. The van der Waals surface area contributed by atoms with Crippen molar-refractivity contribution >= 4 is 33.9 Å². The lowest BCUT2D eigenvalue weighted by Crippen LogP contribution is -2.51. The summed E-state index contributed by atoms with van der Waals surface area (Å²) in [6, 6.07) is 10.7. The van der Waals surface area contributed by atoms with Gasteiger partial charge >= 0.3 is 6.01 Å². The Bertz CT molecular complexity index is 1470. The molecule has 0 amide bonds. The molecular formula is C28H29ClF3N7O. The molecule has 2 N–H and O–H groups in total. The molecule has 4 heterocycles. The monoisotopic (exact) mass is 571 g/mol. The van der Waals surface area contributed by atoms with Crippen LogP contribution in [0.5, 0.6) is 6.01 Å². The highest BCUT2D eigenvalue weighted by Gasteiger charge is 2.39. The lowest BCUT2D eigenvalue weighted by Gasteiger charge is -2.37. The molecule has 2 fully saturated rings. The Morgan fingerprint density at radius 3 is 2.80 bits per heavy atom. The number of rotatable bonds is 6. The molecular weight excluding hydrogens is 543 g/mol. The number of aromatic nitrogens is 2. The van der Waals surface area contributed by atoms with Crippen molar-refractivity contribution in [3.63, 3.8) is 0 Å². The predicted octanol–water partition coefficient (Wildman–Crippen LogP) is 4.05. The van der Waals surface area contributed by atoms with Crippen molar-refractivity contribution in [3.8, 4) is 12.1 Å². The summed E-state index contributed by atoms with van der Waals surface area (Å²) >= 11 is 6.42. The lowest BCUT2D eigenvalue weighted by atomic mass is 10.0. The average molecular weight is 572 g/mol. The summed E-state index contributed by atoms with van der Waals surface area (Å²) in [5.41, 5.74) is 2.56. The van der Waals surface area contributed by atoms with Crippen molar-refractivity contribution in [2.45, 2.75) is 43.8 Å². The number of alkyl halides is 2. The van der Waals surface area contributed by atoms with Crippen molar-refractivity contribution in [2.24, 2.45) is 0 Å². The van der Waals surface area contributed by atoms with E-state index in [1.165, 1.54) is 6.07 Å². The first-order valence-electron chi connectivity index (χ1n) is 13.4. The second-order valence-electron chi connectivity index (χ2n) is 10.6. The third kappa shape index (κ3) is 5.36. The van der Waals surface area contributed by atoms with Crippen molar-refractivity contribution in [2.75, 3.05) is 49.1 Å². The number of nitriles is 1. The molecule has 2 saturated heterocycles. The van der Waals surface area contributed by atoms with E-state index in [-0.39, 0.29) is 36.6 Å². The number of nitrogens with one attached hydrogen (secondary N) is 2. The molecule has 210 valence electrons. The van der Waals surface area contributed by atoms with Crippen LogP contribution >= 0.6 is 11.6 Å². The van der Waals surface area contributed by atoms with Gasteiger partial charge in [0.15, 0.2) is 0 Å². The Morgan fingerprint density at radius 2 is 2.00 bits per heavy atom. The number of anilines is 2. The van der Waals surface area contributed by atoms with Gasteiger partial charge in [0, 0.05) is 61.3 Å². The first-order chi connectivity index (χ1) is 19.3. The zero-order valence-corrected chi connectivity index (χ0v) is 22.5. The topological polar surface area (TPSA) is 89.3 Å². The Morgan fingerprint density at radius 1 is 1.12 bits per heavy atom. The van der Waals surface area contributed by atoms with Crippen LogP contribution in [0, 0.1) is 17.1 Å². The van der Waals surface area contributed by atoms with E-state index in [0.717, 1.165) is 28.1 Å². The molecule has 8 nitrogen and oxygen atoms in total. The quantitative estimate of drug-likeness (QED) is 0.458. The molecule has 12 heteroatoms. The van der Waals surface area contributed by atoms with Crippen LogP contribution in [0.15, 0.2) is 30.3 Å². The van der Waals surface area contributed by atoms with Gasteiger partial charge in [0.25, 0.3) is 5.92 Å². The Balaban J connectivity index is 1.33. The molecule has 2 atom stereocenters. The lowest BCUT2D eigenvalue weighted by molar-refractivity contribution is 0.0194. The summed E-state index contributed by atoms with van der Waals surface area (Å²) in [4.78, 5) is 13.7. The summed E-state index contributed by atoms with van der Waals surface area (Å²) in [7, 11) is 0. The number of fused-ring (bicyclic) bond motifs is 2. The van der Waals surface area contributed by atoms with Crippen LogP contribution < -0.4 is 25.2 Å². The molecule has 3 aliphatic rings. The summed E-state index contributed by atoms with van der Waals surface area (Å²) in [6.45, 7) is 2.72. The van der Waals surface area contributed by atoms with Crippen molar-refractivity contribution in [1.29, 1.82) is 5.26 Å². The summed E-state index contributed by atoms with van der Waals surface area (Å²) in [6.07, 6.45) is 0.711. The van der Waals surface area contributed by atoms with Crippen molar-refractivity contribution in [3.05, 3.63) is 52.4 Å². The predicted molar refractivity (Wildman–Crippen MR) is 147 cm³/mol. The molecule has 0 spiro atoms. The van der Waals surface area contributed by atoms with Gasteiger partial charge in [-0.25, -0.2) is 13.2 Å². The van der Waals surface area contributed by atoms with E-state index in [1.807, 2.05) is 18.2 Å². The summed E-state index contributed by atoms with van der Waals surface area (Å²) in [5.74, 6) is -2.49. The Labute approximate surface area is 235 Å². The van der Waals surface area contributed by atoms with Gasteiger partial charge in [0.1, 0.15) is 18.2 Å². The fourth-order valence-corrected chi connectivity index (χ4v) is 6.10. The highest BCUT2D eigenvalue weighted by molar-refractivity contribution is 6.36. The summed E-state index contributed by atoms with van der Waals surface area (Å²) < 4.78 is 47.7. The summed E-state index contributed by atoms with van der Waals surface area (Å²) in [5, 5.41) is 17.0. The molecule has 6 rings (SSSR count). The highest BCUT2D eigenvalue weighted by Crippen LogP contribution is 2.38. The minimum Gasteiger partial charge on any atom is -0.462 e. The molecule has 0 saturated carbocycles. The van der Waals surface area contributed by atoms with Crippen molar-refractivity contribution < 1.29 is 17.9 Å². The van der Waals surface area contributed by atoms with E-state index in [1.54, 1.807) is 6.07 Å². The maximum atomic E-state index is 14.4. The fraction of sp³-hybridized carbons (Fsp3) is 0.464. The van der Waals surface area contributed by atoms with Crippen molar-refractivity contribution in [1.82, 2.24) is 20.6 Å². The van der Waals surface area contributed by atoms with E-state index in [9.17, 15) is 18.4 Å². The molecule has 2 aromatic carbocycles. The zero-order valence-electron chi connectivity index (χ0n) is 21.8. The molecule has 0 radical (unpaired) electrons. The maximum absolute atomic E-state index is 14.4. The minimum atomic E-state index is -2.76.